The van der Waals surface area contributed by atoms with Gasteiger partial charge in [0.15, 0.2) is 5.37 Å². The SMILES string of the molecule is CCCN/C=C(\CN)c1ccc2c(c1)C1=C(CCO2)SC(C(=O)N(CCON)C(C)C)N1. The smallest absolute Gasteiger partial charge is 0.256 e. The summed E-state index contributed by atoms with van der Waals surface area (Å²) >= 11 is 1.57. The number of benzene rings is 1. The Labute approximate surface area is 194 Å². The first-order chi connectivity index (χ1) is 15.5. The first-order valence-corrected chi connectivity index (χ1v) is 12.1. The second-order valence-electron chi connectivity index (χ2n) is 8.07. The van der Waals surface area contributed by atoms with Crippen molar-refractivity contribution in [3.63, 3.8) is 0 Å². The third-order valence-electron chi connectivity index (χ3n) is 5.49. The molecule has 0 radical (unpaired) electrons. The number of nitrogens with one attached hydrogen (secondary N) is 2. The average Bonchev–Trinajstić information content (AvgIpc) is 3.13. The Balaban J connectivity index is 1.85. The summed E-state index contributed by atoms with van der Waals surface area (Å²) in [6.45, 7) is 8.78. The molecule has 0 saturated carbocycles. The number of ether oxygens (including phenoxy) is 1. The Morgan fingerprint density at radius 3 is 2.97 bits per heavy atom. The van der Waals surface area contributed by atoms with Gasteiger partial charge in [-0.15, -0.1) is 0 Å². The third-order valence-corrected chi connectivity index (χ3v) is 6.74. The molecule has 1 unspecified atom stereocenters. The van der Waals surface area contributed by atoms with Crippen molar-refractivity contribution in [2.75, 3.05) is 32.8 Å². The monoisotopic (exact) mass is 461 g/mol. The number of amides is 1. The van der Waals surface area contributed by atoms with Crippen LogP contribution in [0.4, 0.5) is 0 Å². The van der Waals surface area contributed by atoms with Gasteiger partial charge in [0.05, 0.1) is 18.9 Å². The van der Waals surface area contributed by atoms with E-state index < -0.39 is 0 Å². The maximum atomic E-state index is 13.3. The van der Waals surface area contributed by atoms with Crippen molar-refractivity contribution in [1.82, 2.24) is 15.5 Å². The number of hydrogen-bond donors (Lipinski definition) is 4. The van der Waals surface area contributed by atoms with Gasteiger partial charge in [0.2, 0.25) is 0 Å². The summed E-state index contributed by atoms with van der Waals surface area (Å²) in [5, 5.41) is 6.40. The fourth-order valence-electron chi connectivity index (χ4n) is 3.80. The van der Waals surface area contributed by atoms with Crippen LogP contribution in [0.25, 0.3) is 11.3 Å². The molecule has 2 heterocycles. The van der Waals surface area contributed by atoms with Crippen molar-refractivity contribution < 1.29 is 14.4 Å². The summed E-state index contributed by atoms with van der Waals surface area (Å²) in [5.74, 6) is 6.03. The second kappa shape index (κ2) is 11.6. The highest BCUT2D eigenvalue weighted by Crippen LogP contribution is 2.43. The van der Waals surface area contributed by atoms with Crippen LogP contribution < -0.4 is 27.0 Å². The van der Waals surface area contributed by atoms with E-state index in [0.29, 0.717) is 26.3 Å². The van der Waals surface area contributed by atoms with E-state index in [1.165, 1.54) is 0 Å². The van der Waals surface area contributed by atoms with Gasteiger partial charge in [0.1, 0.15) is 5.75 Å². The standard InChI is InChI=1S/C23H35N5O3S/c1-4-8-26-14-17(13-24)16-5-6-19-18(12-16)21-20(7-10-30-19)32-22(27-21)23(29)28(15(2)3)9-11-31-25/h5-6,12,14-15,22,26-27H,4,7-11,13,24-25H2,1-3H3/b17-14+. The third kappa shape index (κ3) is 5.58. The highest BCUT2D eigenvalue weighted by atomic mass is 32.2. The van der Waals surface area contributed by atoms with Crippen LogP contribution >= 0.6 is 11.8 Å². The van der Waals surface area contributed by atoms with Crippen molar-refractivity contribution in [3.05, 3.63) is 40.4 Å². The normalized spacial score (nSPS) is 17.9. The van der Waals surface area contributed by atoms with Gasteiger partial charge in [0.25, 0.3) is 5.91 Å². The van der Waals surface area contributed by atoms with Crippen LogP contribution in [0.1, 0.15) is 44.7 Å². The van der Waals surface area contributed by atoms with Crippen LogP contribution in [0.3, 0.4) is 0 Å². The largest absolute Gasteiger partial charge is 0.493 e. The number of carbonyl (C=O) groups is 1. The van der Waals surface area contributed by atoms with Crippen molar-refractivity contribution in [3.8, 4) is 5.75 Å². The summed E-state index contributed by atoms with van der Waals surface area (Å²) in [5.41, 5.74) is 10.0. The molecule has 1 amide bonds. The van der Waals surface area contributed by atoms with Crippen LogP contribution in [0, 0.1) is 0 Å². The quantitative estimate of drug-likeness (QED) is 0.310. The van der Waals surface area contributed by atoms with E-state index in [9.17, 15) is 4.79 Å². The fraction of sp³-hybridized carbons (Fsp3) is 0.522. The van der Waals surface area contributed by atoms with E-state index in [2.05, 4.69) is 23.6 Å². The predicted octanol–water partition coefficient (Wildman–Crippen LogP) is 2.23. The summed E-state index contributed by atoms with van der Waals surface area (Å²) in [4.78, 5) is 20.9. The molecule has 0 fully saturated rings. The number of carbonyl (C=O) groups excluding carboxylic acids is 1. The van der Waals surface area contributed by atoms with Crippen LogP contribution in [0.2, 0.25) is 0 Å². The summed E-state index contributed by atoms with van der Waals surface area (Å²) in [6.07, 6.45) is 3.79. The molecule has 1 aromatic carbocycles. The van der Waals surface area contributed by atoms with Crippen LogP contribution in [-0.2, 0) is 9.63 Å². The van der Waals surface area contributed by atoms with Gasteiger partial charge in [-0.05, 0) is 43.5 Å². The molecule has 1 aromatic rings. The molecule has 2 aliphatic heterocycles. The lowest BCUT2D eigenvalue weighted by molar-refractivity contribution is -0.133. The Morgan fingerprint density at radius 1 is 1.47 bits per heavy atom. The molecule has 0 saturated heterocycles. The molecule has 1 atom stereocenters. The van der Waals surface area contributed by atoms with Crippen LogP contribution in [0.5, 0.6) is 5.75 Å². The molecule has 0 aromatic heterocycles. The van der Waals surface area contributed by atoms with Crippen molar-refractivity contribution in [2.45, 2.75) is 45.0 Å². The maximum absolute atomic E-state index is 13.3. The van der Waals surface area contributed by atoms with E-state index in [1.807, 2.05) is 32.2 Å². The lowest BCUT2D eigenvalue weighted by Crippen LogP contribution is -2.47. The molecule has 0 aliphatic carbocycles. The zero-order valence-corrected chi connectivity index (χ0v) is 20.0. The first-order valence-electron chi connectivity index (χ1n) is 11.2. The second-order valence-corrected chi connectivity index (χ2v) is 9.27. The predicted molar refractivity (Wildman–Crippen MR) is 130 cm³/mol. The number of thioether (sulfide) groups is 1. The minimum atomic E-state index is -0.384. The topological polar surface area (TPSA) is 115 Å². The number of hydrogen-bond acceptors (Lipinski definition) is 8. The molecule has 3 rings (SSSR count). The molecule has 9 heteroatoms. The molecule has 176 valence electrons. The number of nitrogens with zero attached hydrogens (tertiary/aromatic N) is 1. The lowest BCUT2D eigenvalue weighted by atomic mass is 10.0. The molecule has 2 aliphatic rings. The summed E-state index contributed by atoms with van der Waals surface area (Å²) in [7, 11) is 0. The first kappa shape index (κ1) is 24.4. The zero-order chi connectivity index (χ0) is 23.1. The average molecular weight is 462 g/mol. The van der Waals surface area contributed by atoms with Crippen molar-refractivity contribution >= 4 is 28.9 Å². The molecule has 8 nitrogen and oxygen atoms in total. The Morgan fingerprint density at radius 2 is 2.28 bits per heavy atom. The minimum absolute atomic E-state index is 0.0278. The van der Waals surface area contributed by atoms with E-state index in [1.54, 1.807) is 16.7 Å². The van der Waals surface area contributed by atoms with Crippen LogP contribution in [0.15, 0.2) is 29.3 Å². The highest BCUT2D eigenvalue weighted by molar-refractivity contribution is 8.04. The summed E-state index contributed by atoms with van der Waals surface area (Å²) < 4.78 is 6.00. The molecule has 0 spiro atoms. The van der Waals surface area contributed by atoms with Gasteiger partial charge in [-0.25, -0.2) is 5.90 Å². The molecule has 6 N–H and O–H groups in total. The van der Waals surface area contributed by atoms with E-state index in [-0.39, 0.29) is 17.3 Å². The van der Waals surface area contributed by atoms with E-state index in [0.717, 1.165) is 52.4 Å². The van der Waals surface area contributed by atoms with Gasteiger partial charge >= 0.3 is 0 Å². The molecule has 0 bridgehead atoms. The molecular formula is C23H35N5O3S. The minimum Gasteiger partial charge on any atom is -0.493 e. The van der Waals surface area contributed by atoms with Gasteiger partial charge < -0.3 is 30.8 Å². The number of rotatable bonds is 10. The lowest BCUT2D eigenvalue weighted by Gasteiger charge is -2.29. The number of nitrogens with two attached hydrogens (primary N) is 2. The van der Waals surface area contributed by atoms with Gasteiger partial charge in [-0.3, -0.25) is 4.79 Å². The molecular weight excluding hydrogens is 426 g/mol. The van der Waals surface area contributed by atoms with Gasteiger partial charge in [-0.2, -0.15) is 0 Å². The van der Waals surface area contributed by atoms with Gasteiger partial charge in [0, 0.05) is 48.8 Å². The fourth-order valence-corrected chi connectivity index (χ4v) is 4.98. The molecule has 32 heavy (non-hydrogen) atoms. The van der Waals surface area contributed by atoms with Crippen molar-refractivity contribution in [1.29, 1.82) is 0 Å². The van der Waals surface area contributed by atoms with Crippen LogP contribution in [-0.4, -0.2) is 55.1 Å². The van der Waals surface area contributed by atoms with Gasteiger partial charge in [-0.1, -0.05) is 24.8 Å². The number of fused-ring (bicyclic) bond motifs is 2. The maximum Gasteiger partial charge on any atom is 0.256 e. The Hall–Kier alpha value is -2.20. The zero-order valence-electron chi connectivity index (χ0n) is 19.1. The van der Waals surface area contributed by atoms with E-state index in [4.69, 9.17) is 21.2 Å². The Kier molecular flexibility index (Phi) is 8.86. The van der Waals surface area contributed by atoms with Crippen molar-refractivity contribution in [2.24, 2.45) is 11.6 Å². The summed E-state index contributed by atoms with van der Waals surface area (Å²) in [6, 6.07) is 6.18. The Bertz CT molecular complexity index is 871. The highest BCUT2D eigenvalue weighted by Gasteiger charge is 2.36. The van der Waals surface area contributed by atoms with E-state index >= 15 is 0 Å².